The molecule has 5 aromatic carbocycles. The first kappa shape index (κ1) is 19.3. The van der Waals surface area contributed by atoms with Crippen LogP contribution in [-0.4, -0.2) is 0 Å². The van der Waals surface area contributed by atoms with Crippen LogP contribution in [0.25, 0.3) is 53.6 Å². The van der Waals surface area contributed by atoms with Crippen molar-refractivity contribution in [3.63, 3.8) is 0 Å². The zero-order valence-corrected chi connectivity index (χ0v) is 18.8. The van der Waals surface area contributed by atoms with E-state index in [1.54, 1.807) is 0 Å². The molecule has 0 saturated carbocycles. The lowest BCUT2D eigenvalue weighted by molar-refractivity contribution is 1.63. The summed E-state index contributed by atoms with van der Waals surface area (Å²) in [4.78, 5) is 0. The van der Waals surface area contributed by atoms with Crippen molar-refractivity contribution in [2.75, 3.05) is 0 Å². The quantitative estimate of drug-likeness (QED) is 0.254. The Hall–Kier alpha value is -3.39. The molecule has 0 bridgehead atoms. The predicted molar refractivity (Wildman–Crippen MR) is 139 cm³/mol. The molecule has 0 aliphatic heterocycles. The molecule has 151 valence electrons. The van der Waals surface area contributed by atoms with E-state index in [9.17, 15) is 0 Å². The van der Waals surface area contributed by atoms with Gasteiger partial charge in [-0.1, -0.05) is 96.5 Å². The molecule has 6 rings (SSSR count). The van der Waals surface area contributed by atoms with Gasteiger partial charge in [-0.3, -0.25) is 0 Å². The van der Waals surface area contributed by atoms with Crippen LogP contribution in [0.15, 0.2) is 109 Å². The molecular weight excluding hydrogens is 428 g/mol. The van der Waals surface area contributed by atoms with Crippen LogP contribution in [0.5, 0.6) is 0 Å². The van der Waals surface area contributed by atoms with Crippen molar-refractivity contribution in [3.8, 4) is 33.4 Å². The van der Waals surface area contributed by atoms with Crippen LogP contribution in [0, 0.1) is 6.07 Å². The molecule has 0 saturated heterocycles. The summed E-state index contributed by atoms with van der Waals surface area (Å²) >= 11 is 8.01. The third kappa shape index (κ3) is 3.31. The summed E-state index contributed by atoms with van der Waals surface area (Å²) in [5.74, 6) is 0. The summed E-state index contributed by atoms with van der Waals surface area (Å²) < 4.78 is 2.57. The Morgan fingerprint density at radius 2 is 1.22 bits per heavy atom. The molecule has 2 heteroatoms. The summed E-state index contributed by atoms with van der Waals surface area (Å²) in [5, 5.41) is 3.17. The number of thiophene rings is 1. The number of hydrogen-bond donors (Lipinski definition) is 0. The molecule has 0 atom stereocenters. The van der Waals surface area contributed by atoms with E-state index >= 15 is 0 Å². The minimum absolute atomic E-state index is 0.750. The zero-order valence-electron chi connectivity index (χ0n) is 17.2. The van der Waals surface area contributed by atoms with Crippen LogP contribution in [-0.2, 0) is 0 Å². The van der Waals surface area contributed by atoms with Gasteiger partial charge in [-0.05, 0) is 58.1 Å². The third-order valence-electron chi connectivity index (χ3n) is 5.86. The molecule has 0 amide bonds. The Bertz CT molecular complexity index is 1550. The topological polar surface area (TPSA) is 0 Å². The highest BCUT2D eigenvalue weighted by atomic mass is 35.5. The number of benzene rings is 5. The first-order valence-corrected chi connectivity index (χ1v) is 11.7. The van der Waals surface area contributed by atoms with Gasteiger partial charge < -0.3 is 0 Å². The van der Waals surface area contributed by atoms with Crippen LogP contribution in [0.2, 0.25) is 5.02 Å². The molecule has 1 heterocycles. The van der Waals surface area contributed by atoms with Gasteiger partial charge in [0.1, 0.15) is 0 Å². The Morgan fingerprint density at radius 3 is 1.91 bits per heavy atom. The van der Waals surface area contributed by atoms with Crippen LogP contribution in [0.4, 0.5) is 0 Å². The Labute approximate surface area is 196 Å². The van der Waals surface area contributed by atoms with Crippen molar-refractivity contribution < 1.29 is 0 Å². The van der Waals surface area contributed by atoms with Gasteiger partial charge in [0.2, 0.25) is 0 Å². The fourth-order valence-electron chi connectivity index (χ4n) is 4.30. The number of halogens is 1. The maximum atomic E-state index is 6.15. The van der Waals surface area contributed by atoms with Crippen LogP contribution in [0.1, 0.15) is 0 Å². The fourth-order valence-corrected chi connectivity index (χ4v) is 5.76. The second-order valence-electron chi connectivity index (χ2n) is 7.84. The molecule has 0 aliphatic rings. The van der Waals surface area contributed by atoms with Gasteiger partial charge in [0, 0.05) is 30.8 Å². The van der Waals surface area contributed by atoms with E-state index in [4.69, 9.17) is 11.6 Å². The molecule has 0 fully saturated rings. The van der Waals surface area contributed by atoms with Crippen molar-refractivity contribution in [1.82, 2.24) is 0 Å². The van der Waals surface area contributed by atoms with Gasteiger partial charge in [-0.25, -0.2) is 0 Å². The standard InChI is InChI=1S/C30H18ClS/c31-24-16-14-20(15-17-24)23-18-27(22-10-5-2-6-11-22)30-28(19-23)26-13-7-12-25(29(26)32-30)21-8-3-1-4-9-21/h1-12,14-19H. The van der Waals surface area contributed by atoms with Crippen molar-refractivity contribution in [3.05, 3.63) is 120 Å². The van der Waals surface area contributed by atoms with E-state index in [0.717, 1.165) is 10.6 Å². The first-order chi connectivity index (χ1) is 15.8. The summed E-state index contributed by atoms with van der Waals surface area (Å²) in [5.41, 5.74) is 7.31. The summed E-state index contributed by atoms with van der Waals surface area (Å²) in [6, 6.07) is 41.7. The number of fused-ring (bicyclic) bond motifs is 3. The summed E-state index contributed by atoms with van der Waals surface area (Å²) in [7, 11) is 0. The van der Waals surface area contributed by atoms with Gasteiger partial charge in [-0.2, -0.15) is 0 Å². The van der Waals surface area contributed by atoms with Crippen molar-refractivity contribution in [2.45, 2.75) is 0 Å². The van der Waals surface area contributed by atoms with Crippen molar-refractivity contribution in [2.24, 2.45) is 0 Å². The van der Waals surface area contributed by atoms with E-state index in [0.29, 0.717) is 0 Å². The Morgan fingerprint density at radius 1 is 0.562 bits per heavy atom. The molecule has 32 heavy (non-hydrogen) atoms. The normalized spacial score (nSPS) is 11.3. The largest absolute Gasteiger partial charge is 0.134 e. The summed E-state index contributed by atoms with van der Waals surface area (Å²) in [6.07, 6.45) is 0. The second-order valence-corrected chi connectivity index (χ2v) is 9.29. The highest BCUT2D eigenvalue weighted by Crippen LogP contribution is 2.45. The van der Waals surface area contributed by atoms with Gasteiger partial charge in [-0.15, -0.1) is 11.3 Å². The molecular formula is C30H18ClS. The Kier molecular flexibility index (Phi) is 4.79. The highest BCUT2D eigenvalue weighted by Gasteiger charge is 2.16. The molecule has 1 radical (unpaired) electrons. The van der Waals surface area contributed by atoms with Crippen LogP contribution in [0.3, 0.4) is 0 Å². The van der Waals surface area contributed by atoms with Crippen molar-refractivity contribution in [1.29, 1.82) is 0 Å². The third-order valence-corrected chi connectivity index (χ3v) is 7.38. The molecule has 0 unspecified atom stereocenters. The summed E-state index contributed by atoms with van der Waals surface area (Å²) in [6.45, 7) is 0. The van der Waals surface area contributed by atoms with Crippen LogP contribution >= 0.6 is 22.9 Å². The van der Waals surface area contributed by atoms with Gasteiger partial charge in [0.15, 0.2) is 0 Å². The van der Waals surface area contributed by atoms with E-state index < -0.39 is 0 Å². The predicted octanol–water partition coefficient (Wildman–Crippen LogP) is 9.51. The Balaban J connectivity index is 1.69. The minimum Gasteiger partial charge on any atom is -0.134 e. The lowest BCUT2D eigenvalue weighted by Crippen LogP contribution is -1.83. The van der Waals surface area contributed by atoms with Gasteiger partial charge in [0.25, 0.3) is 0 Å². The SMILES string of the molecule is Clc1ccc(-c2cc(-c3ccccc3)c3sc4c(-c5ccccc5)cc[c]c4c3c2)cc1. The molecule has 0 nitrogen and oxygen atoms in total. The lowest BCUT2D eigenvalue weighted by Gasteiger charge is -2.09. The molecule has 0 spiro atoms. The van der Waals surface area contributed by atoms with Gasteiger partial charge >= 0.3 is 0 Å². The van der Waals surface area contributed by atoms with Gasteiger partial charge in [0.05, 0.1) is 0 Å². The zero-order chi connectivity index (χ0) is 21.5. The smallest absolute Gasteiger partial charge is 0.0440 e. The van der Waals surface area contributed by atoms with E-state index in [2.05, 4.69) is 97.1 Å². The maximum absolute atomic E-state index is 6.15. The molecule has 1 aromatic heterocycles. The van der Waals surface area contributed by atoms with Crippen LogP contribution < -0.4 is 0 Å². The molecule has 0 N–H and O–H groups in total. The minimum atomic E-state index is 0.750. The fraction of sp³-hybridized carbons (Fsp3) is 0. The van der Waals surface area contributed by atoms with Crippen molar-refractivity contribution >= 4 is 43.1 Å². The first-order valence-electron chi connectivity index (χ1n) is 10.6. The average molecular weight is 446 g/mol. The number of hydrogen-bond acceptors (Lipinski definition) is 1. The maximum Gasteiger partial charge on any atom is 0.0440 e. The molecule has 6 aromatic rings. The molecule has 0 aliphatic carbocycles. The van der Waals surface area contributed by atoms with E-state index in [-0.39, 0.29) is 0 Å². The highest BCUT2D eigenvalue weighted by molar-refractivity contribution is 7.26. The average Bonchev–Trinajstić information content (AvgIpc) is 3.24. The lowest BCUT2D eigenvalue weighted by atomic mass is 9.95. The van der Waals surface area contributed by atoms with E-state index in [1.807, 2.05) is 29.5 Å². The number of rotatable bonds is 3. The monoisotopic (exact) mass is 445 g/mol. The second kappa shape index (κ2) is 7.94. The van der Waals surface area contributed by atoms with E-state index in [1.165, 1.54) is 48.0 Å².